The van der Waals surface area contributed by atoms with E-state index in [1.165, 1.54) is 0 Å². The maximum Gasteiger partial charge on any atom is 0.254 e. The van der Waals surface area contributed by atoms with Gasteiger partial charge in [-0.3, -0.25) is 4.79 Å². The molecule has 0 saturated heterocycles. The van der Waals surface area contributed by atoms with E-state index in [0.29, 0.717) is 18.7 Å². The zero-order valence-electron chi connectivity index (χ0n) is 13.8. The predicted octanol–water partition coefficient (Wildman–Crippen LogP) is 4.25. The molecule has 0 aliphatic rings. The largest absolute Gasteiger partial charge is 0.467 e. The molecule has 4 nitrogen and oxygen atoms in total. The van der Waals surface area contributed by atoms with Crippen molar-refractivity contribution < 1.29 is 9.21 Å². The number of carbonyl (C=O) groups excluding carboxylic acids is 1. The van der Waals surface area contributed by atoms with E-state index in [1.807, 2.05) is 77.8 Å². The van der Waals surface area contributed by atoms with Crippen molar-refractivity contribution in [2.24, 2.45) is 0 Å². The second kappa shape index (κ2) is 7.36. The SMILES string of the molecule is CN(C)c1cccc(C(=O)N(Cc2ccco2)Cc2cccs2)c1. The predicted molar refractivity (Wildman–Crippen MR) is 97.4 cm³/mol. The van der Waals surface area contributed by atoms with Gasteiger partial charge in [-0.15, -0.1) is 11.3 Å². The van der Waals surface area contributed by atoms with Crippen LogP contribution in [0.15, 0.2) is 64.6 Å². The standard InChI is InChI=1S/C19H20N2O2S/c1-20(2)16-7-3-6-15(12-16)19(22)21(13-17-8-4-10-23-17)14-18-9-5-11-24-18/h3-12H,13-14H2,1-2H3. The number of nitrogens with zero attached hydrogens (tertiary/aromatic N) is 2. The highest BCUT2D eigenvalue weighted by Crippen LogP contribution is 2.20. The Morgan fingerprint density at radius 1 is 1.08 bits per heavy atom. The Morgan fingerprint density at radius 2 is 1.96 bits per heavy atom. The van der Waals surface area contributed by atoms with Gasteiger partial charge in [0.1, 0.15) is 5.76 Å². The fourth-order valence-electron chi connectivity index (χ4n) is 2.48. The van der Waals surface area contributed by atoms with Gasteiger partial charge in [0.15, 0.2) is 0 Å². The Bertz CT molecular complexity index is 743. The van der Waals surface area contributed by atoms with E-state index < -0.39 is 0 Å². The van der Waals surface area contributed by atoms with Crippen molar-refractivity contribution in [2.75, 3.05) is 19.0 Å². The molecule has 0 spiro atoms. The van der Waals surface area contributed by atoms with Crippen molar-refractivity contribution in [1.29, 1.82) is 0 Å². The second-order valence-electron chi connectivity index (χ2n) is 5.76. The van der Waals surface area contributed by atoms with E-state index in [2.05, 4.69) is 0 Å². The van der Waals surface area contributed by atoms with Gasteiger partial charge in [-0.05, 0) is 41.8 Å². The van der Waals surface area contributed by atoms with E-state index in [0.717, 1.165) is 16.3 Å². The van der Waals surface area contributed by atoms with Crippen LogP contribution in [0.1, 0.15) is 21.0 Å². The molecule has 2 aromatic heterocycles. The van der Waals surface area contributed by atoms with Gasteiger partial charge in [0.25, 0.3) is 5.91 Å². The molecule has 3 rings (SSSR count). The van der Waals surface area contributed by atoms with Crippen molar-refractivity contribution in [2.45, 2.75) is 13.1 Å². The van der Waals surface area contributed by atoms with Crippen LogP contribution >= 0.6 is 11.3 Å². The lowest BCUT2D eigenvalue weighted by atomic mass is 10.1. The number of benzene rings is 1. The lowest BCUT2D eigenvalue weighted by molar-refractivity contribution is 0.0719. The number of carbonyl (C=O) groups is 1. The molecule has 0 radical (unpaired) electrons. The fourth-order valence-corrected chi connectivity index (χ4v) is 3.20. The van der Waals surface area contributed by atoms with Crippen LogP contribution in [0.5, 0.6) is 0 Å². The Labute approximate surface area is 145 Å². The van der Waals surface area contributed by atoms with Crippen LogP contribution in [-0.2, 0) is 13.1 Å². The van der Waals surface area contributed by atoms with E-state index in [9.17, 15) is 4.79 Å². The molecule has 0 unspecified atom stereocenters. The van der Waals surface area contributed by atoms with Crippen LogP contribution < -0.4 is 4.90 Å². The summed E-state index contributed by atoms with van der Waals surface area (Å²) in [5.41, 5.74) is 1.69. The van der Waals surface area contributed by atoms with Crippen LogP contribution in [0.4, 0.5) is 5.69 Å². The molecule has 0 aliphatic heterocycles. The first kappa shape index (κ1) is 16.3. The van der Waals surface area contributed by atoms with E-state index >= 15 is 0 Å². The van der Waals surface area contributed by atoms with E-state index in [1.54, 1.807) is 17.6 Å². The molecule has 24 heavy (non-hydrogen) atoms. The summed E-state index contributed by atoms with van der Waals surface area (Å²) in [6.45, 7) is 1.03. The molecular weight excluding hydrogens is 320 g/mol. The van der Waals surface area contributed by atoms with Crippen LogP contribution in [0, 0.1) is 0 Å². The first-order valence-electron chi connectivity index (χ1n) is 7.75. The van der Waals surface area contributed by atoms with Crippen LogP contribution in [0.2, 0.25) is 0 Å². The summed E-state index contributed by atoms with van der Waals surface area (Å²) in [7, 11) is 3.94. The van der Waals surface area contributed by atoms with Crippen LogP contribution in [0.3, 0.4) is 0 Å². The van der Waals surface area contributed by atoms with Gasteiger partial charge < -0.3 is 14.2 Å². The first-order chi connectivity index (χ1) is 11.6. The zero-order valence-corrected chi connectivity index (χ0v) is 14.6. The molecule has 0 bridgehead atoms. The van der Waals surface area contributed by atoms with Gasteiger partial charge in [-0.2, -0.15) is 0 Å². The fraction of sp³-hybridized carbons (Fsp3) is 0.211. The monoisotopic (exact) mass is 340 g/mol. The number of rotatable bonds is 6. The van der Waals surface area contributed by atoms with Gasteiger partial charge in [0.2, 0.25) is 0 Å². The highest BCUT2D eigenvalue weighted by Gasteiger charge is 2.18. The maximum absolute atomic E-state index is 13.0. The number of thiophene rings is 1. The topological polar surface area (TPSA) is 36.7 Å². The number of furan rings is 1. The van der Waals surface area contributed by atoms with Gasteiger partial charge in [-0.25, -0.2) is 0 Å². The van der Waals surface area contributed by atoms with E-state index in [-0.39, 0.29) is 5.91 Å². The molecule has 3 aromatic rings. The molecule has 0 aliphatic carbocycles. The van der Waals surface area contributed by atoms with Crippen molar-refractivity contribution in [3.63, 3.8) is 0 Å². The minimum Gasteiger partial charge on any atom is -0.467 e. The number of hydrogen-bond acceptors (Lipinski definition) is 4. The third-order valence-electron chi connectivity index (χ3n) is 3.75. The van der Waals surface area contributed by atoms with Crippen molar-refractivity contribution in [3.05, 3.63) is 76.4 Å². The Hall–Kier alpha value is -2.53. The molecule has 0 N–H and O–H groups in total. The first-order valence-corrected chi connectivity index (χ1v) is 8.63. The Morgan fingerprint density at radius 3 is 2.62 bits per heavy atom. The molecule has 0 fully saturated rings. The molecule has 2 heterocycles. The normalized spacial score (nSPS) is 10.6. The van der Waals surface area contributed by atoms with Gasteiger partial charge in [0, 0.05) is 30.2 Å². The minimum atomic E-state index is 0.00324. The lowest BCUT2D eigenvalue weighted by Gasteiger charge is -2.22. The smallest absolute Gasteiger partial charge is 0.254 e. The Kier molecular flexibility index (Phi) is 5.01. The summed E-state index contributed by atoms with van der Waals surface area (Å²) in [6, 6.07) is 15.5. The third kappa shape index (κ3) is 3.86. The quantitative estimate of drug-likeness (QED) is 0.673. The van der Waals surface area contributed by atoms with Gasteiger partial charge in [0.05, 0.1) is 19.4 Å². The molecule has 5 heteroatoms. The molecule has 1 aromatic carbocycles. The lowest BCUT2D eigenvalue weighted by Crippen LogP contribution is -2.29. The summed E-state index contributed by atoms with van der Waals surface area (Å²) in [6.07, 6.45) is 1.63. The summed E-state index contributed by atoms with van der Waals surface area (Å²) >= 11 is 1.65. The highest BCUT2D eigenvalue weighted by atomic mass is 32.1. The van der Waals surface area contributed by atoms with Crippen LogP contribution in [0.25, 0.3) is 0 Å². The average Bonchev–Trinajstić information content (AvgIpc) is 3.27. The third-order valence-corrected chi connectivity index (χ3v) is 4.61. The van der Waals surface area contributed by atoms with Gasteiger partial charge in [-0.1, -0.05) is 12.1 Å². The highest BCUT2D eigenvalue weighted by molar-refractivity contribution is 7.09. The van der Waals surface area contributed by atoms with E-state index in [4.69, 9.17) is 4.42 Å². The minimum absolute atomic E-state index is 0.00324. The molecule has 0 saturated carbocycles. The maximum atomic E-state index is 13.0. The zero-order chi connectivity index (χ0) is 16.9. The van der Waals surface area contributed by atoms with Crippen molar-refractivity contribution >= 4 is 22.9 Å². The molecule has 124 valence electrons. The molecule has 0 atom stereocenters. The number of anilines is 1. The molecular formula is C19H20N2O2S. The summed E-state index contributed by atoms with van der Waals surface area (Å²) in [5, 5.41) is 2.03. The van der Waals surface area contributed by atoms with Gasteiger partial charge >= 0.3 is 0 Å². The Balaban J connectivity index is 1.86. The summed E-state index contributed by atoms with van der Waals surface area (Å²) < 4.78 is 5.43. The summed E-state index contributed by atoms with van der Waals surface area (Å²) in [4.78, 5) is 18.0. The van der Waals surface area contributed by atoms with Crippen LogP contribution in [-0.4, -0.2) is 24.9 Å². The summed E-state index contributed by atoms with van der Waals surface area (Å²) in [5.74, 6) is 0.784. The van der Waals surface area contributed by atoms with Crippen molar-refractivity contribution in [1.82, 2.24) is 4.90 Å². The number of hydrogen-bond donors (Lipinski definition) is 0. The molecule has 1 amide bonds. The second-order valence-corrected chi connectivity index (χ2v) is 6.80. The average molecular weight is 340 g/mol. The van der Waals surface area contributed by atoms with Crippen molar-refractivity contribution in [3.8, 4) is 0 Å². The number of amides is 1.